The Morgan fingerprint density at radius 2 is 2.35 bits per heavy atom. The minimum absolute atomic E-state index is 0.174. The molecule has 0 aliphatic heterocycles. The molecule has 0 aromatic carbocycles. The Bertz CT molecular complexity index is 452. The summed E-state index contributed by atoms with van der Waals surface area (Å²) in [6.07, 6.45) is 2.37. The molecule has 7 heteroatoms. The Labute approximate surface area is 98.0 Å². The van der Waals surface area contributed by atoms with Crippen LogP contribution in [0.15, 0.2) is 15.9 Å². The van der Waals surface area contributed by atoms with E-state index < -0.39 is 0 Å². The van der Waals surface area contributed by atoms with Crippen LogP contribution in [-0.2, 0) is 9.53 Å². The predicted molar refractivity (Wildman–Crippen MR) is 59.8 cm³/mol. The number of carbonyl (C=O) groups is 1. The van der Waals surface area contributed by atoms with E-state index in [9.17, 15) is 4.79 Å². The van der Waals surface area contributed by atoms with E-state index in [4.69, 9.17) is 10.5 Å². The van der Waals surface area contributed by atoms with Gasteiger partial charge in [-0.05, 0) is 36.5 Å². The summed E-state index contributed by atoms with van der Waals surface area (Å²) in [6.45, 7) is 2.14. The predicted octanol–water partition coefficient (Wildman–Crippen LogP) is 1.06. The van der Waals surface area contributed by atoms with Gasteiger partial charge in [0, 0.05) is 5.70 Å². The summed E-state index contributed by atoms with van der Waals surface area (Å²) in [4.78, 5) is 11.7. The quantitative estimate of drug-likeness (QED) is 0.756. The molecule has 1 aromatic heterocycles. The highest BCUT2D eigenvalue weighted by Gasteiger charge is 2.23. The molecule has 0 spiro atoms. The van der Waals surface area contributed by atoms with Gasteiger partial charge < -0.3 is 15.8 Å². The highest BCUT2D eigenvalue weighted by atomic mass is 16.6. The number of anilines is 2. The third-order valence-corrected chi connectivity index (χ3v) is 2.52. The van der Waals surface area contributed by atoms with Gasteiger partial charge in [0.15, 0.2) is 0 Å². The maximum Gasteiger partial charge on any atom is 0.335 e. The van der Waals surface area contributed by atoms with Crippen LogP contribution in [-0.4, -0.2) is 22.9 Å². The molecule has 0 radical (unpaired) electrons. The maximum atomic E-state index is 11.7. The molecule has 92 valence electrons. The molecule has 1 heterocycles. The molecule has 0 bridgehead atoms. The second-order valence-corrected chi connectivity index (χ2v) is 3.65. The molecule has 0 fully saturated rings. The largest absolute Gasteiger partial charge is 0.463 e. The molecule has 0 atom stereocenters. The van der Waals surface area contributed by atoms with E-state index in [1.165, 1.54) is 0 Å². The zero-order valence-corrected chi connectivity index (χ0v) is 9.52. The van der Waals surface area contributed by atoms with Gasteiger partial charge >= 0.3 is 5.97 Å². The number of aromatic nitrogens is 2. The van der Waals surface area contributed by atoms with Crippen LogP contribution in [0.3, 0.4) is 0 Å². The van der Waals surface area contributed by atoms with Crippen LogP contribution in [0.2, 0.25) is 0 Å². The van der Waals surface area contributed by atoms with E-state index in [0.717, 1.165) is 18.5 Å². The van der Waals surface area contributed by atoms with Crippen LogP contribution in [0.25, 0.3) is 0 Å². The van der Waals surface area contributed by atoms with Crippen LogP contribution in [0.4, 0.5) is 11.6 Å². The monoisotopic (exact) mass is 238 g/mol. The number of ether oxygens (including phenoxy) is 1. The third-order valence-electron chi connectivity index (χ3n) is 2.52. The maximum absolute atomic E-state index is 11.7. The number of carbonyl (C=O) groups excluding carboxylic acids is 1. The van der Waals surface area contributed by atoms with Crippen molar-refractivity contribution in [3.8, 4) is 0 Å². The molecule has 0 unspecified atom stereocenters. The van der Waals surface area contributed by atoms with Crippen molar-refractivity contribution in [1.29, 1.82) is 0 Å². The lowest BCUT2D eigenvalue weighted by Gasteiger charge is -2.07. The topological polar surface area (TPSA) is 103 Å². The number of nitrogens with one attached hydrogen (secondary N) is 1. The molecule has 0 amide bonds. The van der Waals surface area contributed by atoms with Crippen LogP contribution in [0, 0.1) is 0 Å². The fourth-order valence-electron chi connectivity index (χ4n) is 1.75. The summed E-state index contributed by atoms with van der Waals surface area (Å²) < 4.78 is 9.45. The Hall–Kier alpha value is -2.05. The Morgan fingerprint density at radius 3 is 3.00 bits per heavy atom. The first kappa shape index (κ1) is 11.4. The lowest BCUT2D eigenvalue weighted by atomic mass is 10.2. The first-order chi connectivity index (χ1) is 8.22. The molecule has 1 aliphatic rings. The first-order valence-electron chi connectivity index (χ1n) is 5.46. The molecule has 1 aliphatic carbocycles. The highest BCUT2D eigenvalue weighted by molar-refractivity contribution is 5.90. The number of nitrogens with zero attached hydrogens (tertiary/aromatic N) is 2. The number of rotatable bonds is 4. The van der Waals surface area contributed by atoms with Crippen LogP contribution in [0.1, 0.15) is 26.2 Å². The van der Waals surface area contributed by atoms with Crippen molar-refractivity contribution in [2.24, 2.45) is 0 Å². The minimum atomic E-state index is -0.289. The average Bonchev–Trinajstić information content (AvgIpc) is 2.90. The van der Waals surface area contributed by atoms with Crippen molar-refractivity contribution >= 4 is 17.6 Å². The molecule has 3 N–H and O–H groups in total. The Morgan fingerprint density at radius 1 is 1.53 bits per heavy atom. The van der Waals surface area contributed by atoms with E-state index in [2.05, 4.69) is 20.3 Å². The zero-order chi connectivity index (χ0) is 12.3. The summed E-state index contributed by atoms with van der Waals surface area (Å²) in [5.41, 5.74) is 6.96. The number of esters is 1. The second-order valence-electron chi connectivity index (χ2n) is 3.65. The van der Waals surface area contributed by atoms with Crippen LogP contribution < -0.4 is 11.1 Å². The lowest BCUT2D eigenvalue weighted by molar-refractivity contribution is -0.138. The Kier molecular flexibility index (Phi) is 3.27. The molecule has 0 saturated carbocycles. The van der Waals surface area contributed by atoms with Gasteiger partial charge in [0.2, 0.25) is 11.6 Å². The van der Waals surface area contributed by atoms with E-state index >= 15 is 0 Å². The summed E-state index contributed by atoms with van der Waals surface area (Å²) in [6, 6.07) is 0. The SMILES string of the molecule is CCOC(=O)C1=C(Nc2nonc2N)CCC1. The highest BCUT2D eigenvalue weighted by Crippen LogP contribution is 2.28. The smallest absolute Gasteiger partial charge is 0.335 e. The molecular weight excluding hydrogens is 224 g/mol. The number of hydrogen-bond acceptors (Lipinski definition) is 7. The second kappa shape index (κ2) is 4.86. The number of allylic oxidation sites excluding steroid dienone is 1. The molecule has 7 nitrogen and oxygen atoms in total. The number of hydrogen-bond donors (Lipinski definition) is 2. The van der Waals surface area contributed by atoms with Gasteiger partial charge in [-0.1, -0.05) is 0 Å². The van der Waals surface area contributed by atoms with Gasteiger partial charge in [-0.3, -0.25) is 0 Å². The molecule has 0 saturated heterocycles. The van der Waals surface area contributed by atoms with Crippen molar-refractivity contribution < 1.29 is 14.2 Å². The van der Waals surface area contributed by atoms with Crippen molar-refractivity contribution in [3.63, 3.8) is 0 Å². The first-order valence-corrected chi connectivity index (χ1v) is 5.46. The van der Waals surface area contributed by atoms with Gasteiger partial charge in [-0.2, -0.15) is 0 Å². The fourth-order valence-corrected chi connectivity index (χ4v) is 1.75. The number of nitrogen functional groups attached to an aromatic ring is 1. The number of nitrogens with two attached hydrogens (primary N) is 1. The summed E-state index contributed by atoms with van der Waals surface area (Å²) in [5.74, 6) is 0.221. The van der Waals surface area contributed by atoms with Crippen molar-refractivity contribution in [2.75, 3.05) is 17.7 Å². The van der Waals surface area contributed by atoms with E-state index in [1.807, 2.05) is 0 Å². The van der Waals surface area contributed by atoms with Gasteiger partial charge in [0.05, 0.1) is 12.2 Å². The van der Waals surface area contributed by atoms with E-state index in [1.54, 1.807) is 6.92 Å². The van der Waals surface area contributed by atoms with Gasteiger partial charge in [-0.25, -0.2) is 9.42 Å². The van der Waals surface area contributed by atoms with Gasteiger partial charge in [-0.15, -0.1) is 0 Å². The third kappa shape index (κ3) is 2.38. The lowest BCUT2D eigenvalue weighted by Crippen LogP contribution is -2.11. The molecule has 17 heavy (non-hydrogen) atoms. The zero-order valence-electron chi connectivity index (χ0n) is 9.52. The molecule has 2 rings (SSSR count). The average molecular weight is 238 g/mol. The molecule has 1 aromatic rings. The summed E-state index contributed by atoms with van der Waals surface area (Å²) >= 11 is 0. The van der Waals surface area contributed by atoms with Crippen LogP contribution in [0.5, 0.6) is 0 Å². The van der Waals surface area contributed by atoms with Gasteiger partial charge in [0.25, 0.3) is 0 Å². The fraction of sp³-hybridized carbons (Fsp3) is 0.500. The summed E-state index contributed by atoms with van der Waals surface area (Å²) in [7, 11) is 0. The summed E-state index contributed by atoms with van der Waals surface area (Å²) in [5, 5.41) is 10.0. The Balaban J connectivity index is 2.15. The van der Waals surface area contributed by atoms with E-state index in [0.29, 0.717) is 24.4 Å². The van der Waals surface area contributed by atoms with Crippen molar-refractivity contribution in [1.82, 2.24) is 10.3 Å². The standard InChI is InChI=1S/C10H14N4O3/c1-2-16-10(15)6-4-3-5-7(6)12-9-8(11)13-17-14-9/h2-5H2,1H3,(H2,11,13)(H,12,14). The van der Waals surface area contributed by atoms with Crippen LogP contribution >= 0.6 is 0 Å². The van der Waals surface area contributed by atoms with E-state index in [-0.39, 0.29) is 11.8 Å². The molecular formula is C10H14N4O3. The van der Waals surface area contributed by atoms with Crippen molar-refractivity contribution in [3.05, 3.63) is 11.3 Å². The minimum Gasteiger partial charge on any atom is -0.463 e. The van der Waals surface area contributed by atoms with Crippen molar-refractivity contribution in [2.45, 2.75) is 26.2 Å². The van der Waals surface area contributed by atoms with Gasteiger partial charge in [0.1, 0.15) is 0 Å². The normalized spacial score (nSPS) is 15.1.